The monoisotopic (exact) mass is 499 g/mol. The van der Waals surface area contributed by atoms with Crippen molar-refractivity contribution >= 4 is 65.7 Å². The van der Waals surface area contributed by atoms with E-state index in [-0.39, 0.29) is 0 Å². The fraction of sp³-hybridized carbons (Fsp3) is 0.0833. The molecule has 0 radical (unpaired) electrons. The largest absolute Gasteiger partial charge is 0.277 e. The predicted octanol–water partition coefficient (Wildman–Crippen LogP) is 9.58. The summed E-state index contributed by atoms with van der Waals surface area (Å²) in [5.41, 5.74) is 9.65. The Morgan fingerprint density at radius 3 is 1.87 bits per heavy atom. The number of hydrogen-bond acceptors (Lipinski definition) is 1. The normalized spacial score (nSPS) is 12.6. The average Bonchev–Trinajstić information content (AvgIpc) is 3.59. The van der Waals surface area contributed by atoms with Gasteiger partial charge in [-0.3, -0.25) is 8.80 Å². The van der Waals surface area contributed by atoms with Crippen LogP contribution in [0.4, 0.5) is 0 Å². The van der Waals surface area contributed by atoms with E-state index in [0.717, 1.165) is 16.8 Å². The summed E-state index contributed by atoms with van der Waals surface area (Å²) in [6.45, 7) is 4.49. The minimum atomic E-state index is 0.514. The van der Waals surface area contributed by atoms with Crippen molar-refractivity contribution < 1.29 is 0 Å². The molecular formula is C36H25N3. The zero-order chi connectivity index (χ0) is 25.8. The van der Waals surface area contributed by atoms with Gasteiger partial charge in [-0.25, -0.2) is 4.98 Å². The molecule has 9 aromatic rings. The zero-order valence-corrected chi connectivity index (χ0v) is 21.8. The molecule has 0 atom stereocenters. The molecule has 0 aliphatic carbocycles. The predicted molar refractivity (Wildman–Crippen MR) is 164 cm³/mol. The number of rotatable bonds is 2. The van der Waals surface area contributed by atoms with Crippen molar-refractivity contribution in [2.24, 2.45) is 0 Å². The lowest BCUT2D eigenvalue weighted by atomic mass is 9.97. The van der Waals surface area contributed by atoms with Gasteiger partial charge in [0.25, 0.3) is 0 Å². The highest BCUT2D eigenvalue weighted by molar-refractivity contribution is 6.20. The molecule has 3 nitrogen and oxygen atoms in total. The summed E-state index contributed by atoms with van der Waals surface area (Å²) >= 11 is 0. The molecule has 0 N–H and O–H groups in total. The SMILES string of the molecule is CC(C)c1ccc(-c2cc3c4cc5ccccc5cc4n4c3c(c2)n2c3cc5ccccc5cc3nc24)cc1. The van der Waals surface area contributed by atoms with Crippen molar-refractivity contribution in [3.8, 4) is 11.1 Å². The van der Waals surface area contributed by atoms with Gasteiger partial charge < -0.3 is 0 Å². The minimum Gasteiger partial charge on any atom is -0.277 e. The molecule has 184 valence electrons. The fourth-order valence-electron chi connectivity index (χ4n) is 6.55. The van der Waals surface area contributed by atoms with Crippen LogP contribution in [-0.2, 0) is 0 Å². The second kappa shape index (κ2) is 7.36. The van der Waals surface area contributed by atoms with Gasteiger partial charge in [-0.2, -0.15) is 0 Å². The molecule has 0 aliphatic rings. The molecule has 0 aliphatic heterocycles. The molecule has 0 bridgehead atoms. The van der Waals surface area contributed by atoms with E-state index in [1.54, 1.807) is 0 Å². The topological polar surface area (TPSA) is 21.7 Å². The lowest BCUT2D eigenvalue weighted by Crippen LogP contribution is -1.88. The minimum absolute atomic E-state index is 0.514. The van der Waals surface area contributed by atoms with Gasteiger partial charge in [-0.15, -0.1) is 0 Å². The molecule has 9 rings (SSSR count). The Morgan fingerprint density at radius 2 is 1.18 bits per heavy atom. The first-order valence-corrected chi connectivity index (χ1v) is 13.7. The van der Waals surface area contributed by atoms with Crippen LogP contribution in [0.5, 0.6) is 0 Å². The van der Waals surface area contributed by atoms with Crippen LogP contribution >= 0.6 is 0 Å². The number of aromatic nitrogens is 3. The summed E-state index contributed by atoms with van der Waals surface area (Å²) in [5, 5.41) is 7.50. The van der Waals surface area contributed by atoms with Crippen molar-refractivity contribution in [1.82, 2.24) is 13.8 Å². The number of imidazole rings is 2. The van der Waals surface area contributed by atoms with Crippen LogP contribution in [-0.4, -0.2) is 13.8 Å². The maximum Gasteiger partial charge on any atom is 0.220 e. The summed E-state index contributed by atoms with van der Waals surface area (Å²) in [5.74, 6) is 1.48. The quantitative estimate of drug-likeness (QED) is 0.232. The van der Waals surface area contributed by atoms with Gasteiger partial charge in [0.15, 0.2) is 0 Å². The van der Waals surface area contributed by atoms with E-state index in [9.17, 15) is 0 Å². The zero-order valence-electron chi connectivity index (χ0n) is 21.8. The van der Waals surface area contributed by atoms with E-state index in [4.69, 9.17) is 4.98 Å². The van der Waals surface area contributed by atoms with E-state index < -0.39 is 0 Å². The summed E-state index contributed by atoms with van der Waals surface area (Å²) in [4.78, 5) is 5.24. The molecule has 0 saturated heterocycles. The maximum atomic E-state index is 5.24. The van der Waals surface area contributed by atoms with E-state index in [1.807, 2.05) is 0 Å². The second-order valence-corrected chi connectivity index (χ2v) is 11.2. The van der Waals surface area contributed by atoms with Gasteiger partial charge in [0.1, 0.15) is 0 Å². The summed E-state index contributed by atoms with van der Waals surface area (Å²) in [6.07, 6.45) is 0. The van der Waals surface area contributed by atoms with Gasteiger partial charge in [0.05, 0.1) is 27.6 Å². The van der Waals surface area contributed by atoms with Gasteiger partial charge in [-0.1, -0.05) is 86.6 Å². The van der Waals surface area contributed by atoms with Crippen molar-refractivity contribution in [1.29, 1.82) is 0 Å². The first kappa shape index (κ1) is 21.1. The van der Waals surface area contributed by atoms with Crippen LogP contribution in [0.3, 0.4) is 0 Å². The fourth-order valence-corrected chi connectivity index (χ4v) is 6.55. The van der Waals surface area contributed by atoms with E-state index >= 15 is 0 Å². The third-order valence-corrected chi connectivity index (χ3v) is 8.56. The highest BCUT2D eigenvalue weighted by atomic mass is 15.2. The standard InChI is InChI=1S/C36H25N3/c1-21(2)22-11-13-23(14-12-22)28-16-30-29-15-24-7-3-5-9-26(24)18-32(29)39-35(30)34(20-28)38-33-19-27-10-6-4-8-25(27)17-31(33)37-36(38)39/h3-21H,1-2H3. The third kappa shape index (κ3) is 2.79. The maximum absolute atomic E-state index is 5.24. The van der Waals surface area contributed by atoms with Gasteiger partial charge in [-0.05, 0) is 80.6 Å². The van der Waals surface area contributed by atoms with Crippen molar-refractivity contribution in [2.75, 3.05) is 0 Å². The lowest BCUT2D eigenvalue weighted by molar-refractivity contribution is 0.867. The van der Waals surface area contributed by atoms with E-state index in [0.29, 0.717) is 5.92 Å². The smallest absolute Gasteiger partial charge is 0.220 e. The molecule has 0 spiro atoms. The molecule has 3 heterocycles. The van der Waals surface area contributed by atoms with Crippen molar-refractivity contribution in [3.05, 3.63) is 115 Å². The molecule has 3 aromatic heterocycles. The van der Waals surface area contributed by atoms with E-state index in [1.165, 1.54) is 65.6 Å². The number of fused-ring (bicyclic) bond motifs is 10. The molecular weight excluding hydrogens is 474 g/mol. The van der Waals surface area contributed by atoms with E-state index in [2.05, 4.69) is 132 Å². The van der Waals surface area contributed by atoms with Gasteiger partial charge >= 0.3 is 0 Å². The molecule has 39 heavy (non-hydrogen) atoms. The van der Waals surface area contributed by atoms with Crippen LogP contribution in [0.1, 0.15) is 25.3 Å². The molecule has 0 unspecified atom stereocenters. The Bertz CT molecular complexity index is 2400. The molecule has 0 amide bonds. The van der Waals surface area contributed by atoms with Crippen molar-refractivity contribution in [3.63, 3.8) is 0 Å². The number of hydrogen-bond donors (Lipinski definition) is 0. The first-order chi connectivity index (χ1) is 19.1. The molecule has 0 saturated carbocycles. The Morgan fingerprint density at radius 1 is 0.538 bits per heavy atom. The van der Waals surface area contributed by atoms with Crippen LogP contribution in [0.2, 0.25) is 0 Å². The van der Waals surface area contributed by atoms with Crippen LogP contribution in [0, 0.1) is 0 Å². The second-order valence-electron chi connectivity index (χ2n) is 11.2. The first-order valence-electron chi connectivity index (χ1n) is 13.7. The van der Waals surface area contributed by atoms with Crippen molar-refractivity contribution in [2.45, 2.75) is 19.8 Å². The Balaban J connectivity index is 1.48. The number of nitrogens with zero attached hydrogens (tertiary/aromatic N) is 3. The number of benzene rings is 6. The lowest BCUT2D eigenvalue weighted by Gasteiger charge is -2.08. The average molecular weight is 500 g/mol. The highest BCUT2D eigenvalue weighted by Crippen LogP contribution is 2.41. The van der Waals surface area contributed by atoms with Crippen LogP contribution in [0.15, 0.2) is 109 Å². The summed E-state index contributed by atoms with van der Waals surface area (Å²) in [6, 6.07) is 40.2. The Labute approximate surface area is 224 Å². The molecule has 6 aromatic carbocycles. The Kier molecular flexibility index (Phi) is 3.98. The van der Waals surface area contributed by atoms with Crippen LogP contribution < -0.4 is 0 Å². The third-order valence-electron chi connectivity index (χ3n) is 8.56. The Hall–Kier alpha value is -4.89. The summed E-state index contributed by atoms with van der Waals surface area (Å²) in [7, 11) is 0. The molecule has 0 fully saturated rings. The van der Waals surface area contributed by atoms with Gasteiger partial charge in [0.2, 0.25) is 5.78 Å². The summed E-state index contributed by atoms with van der Waals surface area (Å²) < 4.78 is 4.74. The van der Waals surface area contributed by atoms with Gasteiger partial charge in [0, 0.05) is 10.8 Å². The highest BCUT2D eigenvalue weighted by Gasteiger charge is 2.22. The van der Waals surface area contributed by atoms with Crippen LogP contribution in [0.25, 0.3) is 76.8 Å². The molecule has 3 heteroatoms.